The topological polar surface area (TPSA) is 60.7 Å². The number of nitriles is 1. The van der Waals surface area contributed by atoms with Gasteiger partial charge in [0.05, 0.1) is 17.1 Å². The van der Waals surface area contributed by atoms with Crippen molar-refractivity contribution in [2.24, 2.45) is 0 Å². The van der Waals surface area contributed by atoms with Gasteiger partial charge in [-0.05, 0) is 66.2 Å². The average Bonchev–Trinajstić information content (AvgIpc) is 3.32. The Morgan fingerprint density at radius 3 is 2.62 bits per heavy atom. The number of anilines is 1. The highest BCUT2D eigenvalue weighted by molar-refractivity contribution is 7.17. The average molecular weight is 463 g/mol. The van der Waals surface area contributed by atoms with Crippen molar-refractivity contribution in [2.75, 3.05) is 18.4 Å². The number of nitrogens with one attached hydrogen (secondary N) is 2. The van der Waals surface area contributed by atoms with E-state index < -0.39 is 0 Å². The van der Waals surface area contributed by atoms with Gasteiger partial charge in [0.1, 0.15) is 0 Å². The van der Waals surface area contributed by atoms with Crippen molar-refractivity contribution in [3.05, 3.63) is 95.5 Å². The van der Waals surface area contributed by atoms with Crippen LogP contribution in [0.2, 0.25) is 0 Å². The molecule has 2 aromatic heterocycles. The maximum atomic E-state index is 9.21. The number of fused-ring (bicyclic) bond motifs is 2. The van der Waals surface area contributed by atoms with Crippen LogP contribution >= 0.6 is 11.3 Å². The normalized spacial score (nSPS) is 11.0. The highest BCUT2D eigenvalue weighted by atomic mass is 32.1. The first-order chi connectivity index (χ1) is 16.8. The molecule has 0 fully saturated rings. The zero-order valence-electron chi connectivity index (χ0n) is 18.9. The van der Waals surface area contributed by atoms with Crippen LogP contribution in [0.5, 0.6) is 0 Å². The van der Waals surface area contributed by atoms with Crippen LogP contribution in [-0.4, -0.2) is 18.1 Å². The van der Waals surface area contributed by atoms with Crippen molar-refractivity contribution < 1.29 is 0 Å². The summed E-state index contributed by atoms with van der Waals surface area (Å²) in [6, 6.07) is 27.2. The van der Waals surface area contributed by atoms with E-state index in [1.165, 1.54) is 26.8 Å². The Labute approximate surface area is 203 Å². The van der Waals surface area contributed by atoms with Gasteiger partial charge in [-0.2, -0.15) is 5.26 Å². The van der Waals surface area contributed by atoms with Crippen LogP contribution in [0.3, 0.4) is 0 Å². The molecule has 0 radical (unpaired) electrons. The molecule has 0 bridgehead atoms. The van der Waals surface area contributed by atoms with Gasteiger partial charge in [0, 0.05) is 46.0 Å². The number of unbranched alkanes of at least 4 members (excludes halogenated alkanes) is 1. The number of nitrogens with zero attached hydrogens (tertiary/aromatic N) is 2. The molecule has 3 aromatic carbocycles. The lowest BCUT2D eigenvalue weighted by Gasteiger charge is -2.10. The van der Waals surface area contributed by atoms with Crippen molar-refractivity contribution in [3.63, 3.8) is 0 Å². The van der Waals surface area contributed by atoms with E-state index in [-0.39, 0.29) is 0 Å². The van der Waals surface area contributed by atoms with Gasteiger partial charge in [-0.25, -0.2) is 0 Å². The summed E-state index contributed by atoms with van der Waals surface area (Å²) in [6.07, 6.45) is 4.09. The fourth-order valence-electron chi connectivity index (χ4n) is 4.21. The lowest BCUT2D eigenvalue weighted by molar-refractivity contribution is 0.633. The summed E-state index contributed by atoms with van der Waals surface area (Å²) in [7, 11) is 0. The van der Waals surface area contributed by atoms with Gasteiger partial charge in [-0.1, -0.05) is 42.5 Å². The van der Waals surface area contributed by atoms with E-state index in [4.69, 9.17) is 0 Å². The van der Waals surface area contributed by atoms with Gasteiger partial charge in [-0.3, -0.25) is 4.98 Å². The molecule has 2 N–H and O–H groups in total. The second kappa shape index (κ2) is 10.5. The number of hydrogen-bond acceptors (Lipinski definition) is 5. The van der Waals surface area contributed by atoms with Gasteiger partial charge in [0.15, 0.2) is 0 Å². The molecular weight excluding hydrogens is 436 g/mol. The quantitative estimate of drug-likeness (QED) is 0.232. The molecule has 0 spiro atoms. The fourth-order valence-corrected chi connectivity index (χ4v) is 5.16. The first-order valence-corrected chi connectivity index (χ1v) is 12.5. The molecule has 2 heterocycles. The molecule has 0 aliphatic carbocycles. The predicted octanol–water partition coefficient (Wildman–Crippen LogP) is 6.97. The third-order valence-corrected chi connectivity index (χ3v) is 7.00. The SMILES string of the molecule is N#Cc1ccc2scc(-c3ccc(CNCCCCNc4ccnc5ccccc45)cc3)c2c1. The number of pyridine rings is 1. The summed E-state index contributed by atoms with van der Waals surface area (Å²) in [5, 5.41) is 20.8. The molecular formula is C29H26N4S. The van der Waals surface area contributed by atoms with E-state index in [0.717, 1.165) is 49.1 Å². The van der Waals surface area contributed by atoms with E-state index in [9.17, 15) is 5.26 Å². The smallest absolute Gasteiger partial charge is 0.0991 e. The lowest BCUT2D eigenvalue weighted by atomic mass is 10.0. The van der Waals surface area contributed by atoms with Crippen LogP contribution in [-0.2, 0) is 6.54 Å². The number of thiophene rings is 1. The predicted molar refractivity (Wildman–Crippen MR) is 143 cm³/mol. The van der Waals surface area contributed by atoms with Gasteiger partial charge in [-0.15, -0.1) is 11.3 Å². The number of aromatic nitrogens is 1. The van der Waals surface area contributed by atoms with Crippen LogP contribution in [0.1, 0.15) is 24.0 Å². The van der Waals surface area contributed by atoms with Crippen LogP contribution in [0.25, 0.3) is 32.1 Å². The van der Waals surface area contributed by atoms with Crippen molar-refractivity contribution in [3.8, 4) is 17.2 Å². The summed E-state index contributed by atoms with van der Waals surface area (Å²) < 4.78 is 1.21. The molecule has 0 saturated heterocycles. The first-order valence-electron chi connectivity index (χ1n) is 11.6. The Balaban J connectivity index is 1.08. The van der Waals surface area contributed by atoms with Crippen molar-refractivity contribution >= 4 is 38.0 Å². The minimum atomic E-state index is 0.706. The summed E-state index contributed by atoms with van der Waals surface area (Å²) >= 11 is 1.72. The molecule has 0 amide bonds. The lowest BCUT2D eigenvalue weighted by Crippen LogP contribution is -2.15. The van der Waals surface area contributed by atoms with Gasteiger partial charge in [0.25, 0.3) is 0 Å². The van der Waals surface area contributed by atoms with Gasteiger partial charge < -0.3 is 10.6 Å². The van der Waals surface area contributed by atoms with Crippen molar-refractivity contribution in [1.29, 1.82) is 5.26 Å². The van der Waals surface area contributed by atoms with Crippen molar-refractivity contribution in [1.82, 2.24) is 10.3 Å². The van der Waals surface area contributed by atoms with Crippen molar-refractivity contribution in [2.45, 2.75) is 19.4 Å². The van der Waals surface area contributed by atoms with E-state index in [1.807, 2.05) is 42.6 Å². The molecule has 168 valence electrons. The Bertz CT molecular complexity index is 1440. The Morgan fingerprint density at radius 1 is 0.882 bits per heavy atom. The zero-order chi connectivity index (χ0) is 23.2. The Morgan fingerprint density at radius 2 is 1.74 bits per heavy atom. The highest BCUT2D eigenvalue weighted by Crippen LogP contribution is 2.34. The molecule has 0 atom stereocenters. The highest BCUT2D eigenvalue weighted by Gasteiger charge is 2.08. The molecule has 0 unspecified atom stereocenters. The third kappa shape index (κ3) is 4.94. The van der Waals surface area contributed by atoms with Crippen LogP contribution in [0.4, 0.5) is 5.69 Å². The van der Waals surface area contributed by atoms with Crippen LogP contribution in [0, 0.1) is 11.3 Å². The Hall–Kier alpha value is -3.72. The molecule has 34 heavy (non-hydrogen) atoms. The van der Waals surface area contributed by atoms with Crippen LogP contribution in [0.15, 0.2) is 84.4 Å². The molecule has 4 nitrogen and oxygen atoms in total. The van der Waals surface area contributed by atoms with Gasteiger partial charge >= 0.3 is 0 Å². The third-order valence-electron chi connectivity index (χ3n) is 6.04. The number of benzene rings is 3. The number of hydrogen-bond donors (Lipinski definition) is 2. The maximum Gasteiger partial charge on any atom is 0.0991 e. The standard InChI is InChI=1S/C29H26N4S/c30-18-22-9-12-29-25(17-22)26(20-34-29)23-10-7-21(8-11-23)19-31-14-3-4-15-32-28-13-16-33-27-6-2-1-5-24(27)28/h1-2,5-13,16-17,20,31H,3-4,14-15,19H2,(H,32,33). The molecule has 0 saturated carbocycles. The molecule has 0 aliphatic heterocycles. The number of rotatable bonds is 9. The summed E-state index contributed by atoms with van der Waals surface area (Å²) in [4.78, 5) is 4.42. The van der Waals surface area contributed by atoms with E-state index in [2.05, 4.69) is 63.5 Å². The van der Waals surface area contributed by atoms with Gasteiger partial charge in [0.2, 0.25) is 0 Å². The second-order valence-electron chi connectivity index (χ2n) is 8.36. The van der Waals surface area contributed by atoms with Crippen LogP contribution < -0.4 is 10.6 Å². The fraction of sp³-hybridized carbons (Fsp3) is 0.172. The van der Waals surface area contributed by atoms with E-state index in [0.29, 0.717) is 5.56 Å². The maximum absolute atomic E-state index is 9.21. The number of para-hydroxylation sites is 1. The molecule has 0 aliphatic rings. The molecule has 5 rings (SSSR count). The largest absolute Gasteiger partial charge is 0.384 e. The Kier molecular flexibility index (Phi) is 6.81. The first kappa shape index (κ1) is 22.1. The second-order valence-corrected chi connectivity index (χ2v) is 9.27. The molecule has 5 aromatic rings. The van der Waals surface area contributed by atoms with E-state index >= 15 is 0 Å². The minimum absolute atomic E-state index is 0.706. The monoisotopic (exact) mass is 462 g/mol. The minimum Gasteiger partial charge on any atom is -0.384 e. The zero-order valence-corrected chi connectivity index (χ0v) is 19.7. The summed E-state index contributed by atoms with van der Waals surface area (Å²) in [5.41, 5.74) is 6.56. The summed E-state index contributed by atoms with van der Waals surface area (Å²) in [6.45, 7) is 2.81. The van der Waals surface area contributed by atoms with E-state index in [1.54, 1.807) is 11.3 Å². The summed E-state index contributed by atoms with van der Waals surface area (Å²) in [5.74, 6) is 0. The molecule has 5 heteroatoms.